The monoisotopic (exact) mass is 450 g/mol. The SMILES string of the molecule is COC(=O)C1=C(C(=O)OC)N(c2ccc(N(C)C)c(F)c2)C(N)=C(C#N)C1c1ccccc1. The van der Waals surface area contributed by atoms with Crippen molar-refractivity contribution in [1.29, 1.82) is 5.26 Å². The summed E-state index contributed by atoms with van der Waals surface area (Å²) >= 11 is 0. The van der Waals surface area contributed by atoms with Gasteiger partial charge >= 0.3 is 11.9 Å². The van der Waals surface area contributed by atoms with E-state index < -0.39 is 23.7 Å². The molecule has 2 N–H and O–H groups in total. The molecule has 33 heavy (non-hydrogen) atoms. The van der Waals surface area contributed by atoms with Crippen LogP contribution in [0.5, 0.6) is 0 Å². The minimum Gasteiger partial charge on any atom is -0.466 e. The first kappa shape index (κ1) is 23.3. The third-order valence-electron chi connectivity index (χ3n) is 5.28. The number of nitriles is 1. The molecule has 0 aliphatic carbocycles. The van der Waals surface area contributed by atoms with Gasteiger partial charge in [-0.15, -0.1) is 0 Å². The minimum atomic E-state index is -0.986. The van der Waals surface area contributed by atoms with E-state index in [0.717, 1.165) is 25.2 Å². The van der Waals surface area contributed by atoms with Crippen molar-refractivity contribution in [2.24, 2.45) is 5.73 Å². The lowest BCUT2D eigenvalue weighted by Crippen LogP contribution is -2.40. The lowest BCUT2D eigenvalue weighted by molar-refractivity contribution is -0.139. The second kappa shape index (κ2) is 9.44. The van der Waals surface area contributed by atoms with Crippen molar-refractivity contribution in [2.75, 3.05) is 38.1 Å². The molecule has 2 aromatic rings. The number of halogens is 1. The van der Waals surface area contributed by atoms with E-state index in [0.29, 0.717) is 11.3 Å². The van der Waals surface area contributed by atoms with Gasteiger partial charge in [0.25, 0.3) is 0 Å². The predicted molar refractivity (Wildman–Crippen MR) is 120 cm³/mol. The molecule has 0 radical (unpaired) electrons. The van der Waals surface area contributed by atoms with Crippen molar-refractivity contribution in [2.45, 2.75) is 5.92 Å². The average Bonchev–Trinajstić information content (AvgIpc) is 2.82. The molecule has 1 aliphatic heterocycles. The number of esters is 2. The van der Waals surface area contributed by atoms with Gasteiger partial charge in [0.15, 0.2) is 0 Å². The Morgan fingerprint density at radius 3 is 2.24 bits per heavy atom. The molecule has 0 saturated carbocycles. The van der Waals surface area contributed by atoms with Gasteiger partial charge in [-0.25, -0.2) is 14.0 Å². The normalized spacial score (nSPS) is 15.8. The lowest BCUT2D eigenvalue weighted by atomic mass is 9.81. The van der Waals surface area contributed by atoms with Gasteiger partial charge in [-0.3, -0.25) is 4.90 Å². The highest BCUT2D eigenvalue weighted by Crippen LogP contribution is 2.43. The first-order valence-electron chi connectivity index (χ1n) is 9.89. The van der Waals surface area contributed by atoms with Crippen LogP contribution in [0.15, 0.2) is 71.2 Å². The van der Waals surface area contributed by atoms with E-state index in [-0.39, 0.29) is 28.4 Å². The number of anilines is 2. The van der Waals surface area contributed by atoms with Crippen LogP contribution in [0, 0.1) is 17.1 Å². The van der Waals surface area contributed by atoms with E-state index >= 15 is 0 Å². The third kappa shape index (κ3) is 4.11. The largest absolute Gasteiger partial charge is 0.466 e. The quantitative estimate of drug-likeness (QED) is 0.693. The van der Waals surface area contributed by atoms with Gasteiger partial charge in [-0.05, 0) is 17.7 Å². The Labute approximate surface area is 190 Å². The van der Waals surface area contributed by atoms with Crippen LogP contribution in [0.1, 0.15) is 11.5 Å². The molecular formula is C24H23FN4O4. The molecule has 1 heterocycles. The maximum Gasteiger partial charge on any atom is 0.355 e. The van der Waals surface area contributed by atoms with E-state index in [4.69, 9.17) is 15.2 Å². The molecule has 0 spiro atoms. The summed E-state index contributed by atoms with van der Waals surface area (Å²) in [5, 5.41) is 10.00. The Balaban J connectivity index is 2.39. The maximum absolute atomic E-state index is 14.8. The van der Waals surface area contributed by atoms with Crippen LogP contribution in [0.4, 0.5) is 15.8 Å². The molecule has 0 bridgehead atoms. The van der Waals surface area contributed by atoms with Crippen LogP contribution in [0.25, 0.3) is 0 Å². The van der Waals surface area contributed by atoms with E-state index in [2.05, 4.69) is 0 Å². The number of methoxy groups -OCH3 is 2. The topological polar surface area (TPSA) is 109 Å². The summed E-state index contributed by atoms with van der Waals surface area (Å²) in [4.78, 5) is 28.7. The third-order valence-corrected chi connectivity index (χ3v) is 5.28. The number of ether oxygens (including phenoxy) is 2. The second-order valence-electron chi connectivity index (χ2n) is 7.37. The molecule has 1 unspecified atom stereocenters. The summed E-state index contributed by atoms with van der Waals surface area (Å²) in [6.45, 7) is 0. The number of nitrogens with zero attached hydrogens (tertiary/aromatic N) is 3. The predicted octanol–water partition coefficient (Wildman–Crippen LogP) is 2.79. The highest BCUT2D eigenvalue weighted by atomic mass is 19.1. The fraction of sp³-hybridized carbons (Fsp3) is 0.208. The van der Waals surface area contributed by atoms with Gasteiger partial charge in [0.05, 0.1) is 48.7 Å². The molecule has 0 aromatic heterocycles. The number of allylic oxidation sites excluding steroid dienone is 1. The van der Waals surface area contributed by atoms with Crippen LogP contribution in [-0.4, -0.2) is 40.3 Å². The van der Waals surface area contributed by atoms with Crippen LogP contribution in [-0.2, 0) is 19.1 Å². The molecule has 8 nitrogen and oxygen atoms in total. The van der Waals surface area contributed by atoms with E-state index in [9.17, 15) is 19.2 Å². The lowest BCUT2D eigenvalue weighted by Gasteiger charge is -2.36. The Kier molecular flexibility index (Phi) is 6.68. The van der Waals surface area contributed by atoms with Gasteiger partial charge in [-0.1, -0.05) is 30.3 Å². The number of rotatable bonds is 5. The zero-order chi connectivity index (χ0) is 24.3. The first-order chi connectivity index (χ1) is 15.8. The van der Waals surface area contributed by atoms with Gasteiger partial charge in [0.1, 0.15) is 17.3 Å². The average molecular weight is 450 g/mol. The molecular weight excluding hydrogens is 427 g/mol. The van der Waals surface area contributed by atoms with Crippen LogP contribution < -0.4 is 15.5 Å². The van der Waals surface area contributed by atoms with Crippen molar-refractivity contribution < 1.29 is 23.5 Å². The Bertz CT molecular complexity index is 1200. The molecule has 1 atom stereocenters. The summed E-state index contributed by atoms with van der Waals surface area (Å²) in [7, 11) is 5.67. The number of carbonyl (C=O) groups excluding carboxylic acids is 2. The minimum absolute atomic E-state index is 0.00588. The second-order valence-corrected chi connectivity index (χ2v) is 7.37. The van der Waals surface area contributed by atoms with Crippen LogP contribution in [0.3, 0.4) is 0 Å². The summed E-state index contributed by atoms with van der Waals surface area (Å²) in [6, 6.07) is 14.9. The molecule has 1 aliphatic rings. The molecule has 0 saturated heterocycles. The van der Waals surface area contributed by atoms with Crippen molar-refractivity contribution in [1.82, 2.24) is 0 Å². The zero-order valence-corrected chi connectivity index (χ0v) is 18.6. The number of nitrogens with two attached hydrogens (primary N) is 1. The summed E-state index contributed by atoms with van der Waals surface area (Å²) < 4.78 is 24.7. The first-order valence-corrected chi connectivity index (χ1v) is 9.89. The smallest absolute Gasteiger partial charge is 0.355 e. The highest BCUT2D eigenvalue weighted by molar-refractivity contribution is 6.06. The van der Waals surface area contributed by atoms with Gasteiger partial charge in [0.2, 0.25) is 0 Å². The van der Waals surface area contributed by atoms with Crippen LogP contribution in [0.2, 0.25) is 0 Å². The molecule has 9 heteroatoms. The van der Waals surface area contributed by atoms with Crippen molar-refractivity contribution >= 4 is 23.3 Å². The summed E-state index contributed by atoms with van der Waals surface area (Å²) in [6.07, 6.45) is 0. The molecule has 2 aromatic carbocycles. The number of carbonyl (C=O) groups is 2. The summed E-state index contributed by atoms with van der Waals surface area (Å²) in [5.74, 6) is -3.44. The highest BCUT2D eigenvalue weighted by Gasteiger charge is 2.43. The van der Waals surface area contributed by atoms with Gasteiger partial charge < -0.3 is 20.1 Å². The Morgan fingerprint density at radius 2 is 1.73 bits per heavy atom. The standard InChI is InChI=1S/C24H23FN4O4/c1-28(2)18-11-10-15(12-17(18)25)29-21(24(31)33-4)20(23(30)32-3)19(16(13-26)22(29)27)14-8-6-5-7-9-14/h5-12,19H,27H2,1-4H3. The van der Waals surface area contributed by atoms with E-state index in [1.165, 1.54) is 12.1 Å². The van der Waals surface area contributed by atoms with Crippen molar-refractivity contribution in [3.8, 4) is 6.07 Å². The number of hydrogen-bond donors (Lipinski definition) is 1. The fourth-order valence-corrected chi connectivity index (χ4v) is 3.78. The van der Waals surface area contributed by atoms with E-state index in [1.807, 2.05) is 6.07 Å². The fourth-order valence-electron chi connectivity index (χ4n) is 3.78. The maximum atomic E-state index is 14.8. The van der Waals surface area contributed by atoms with Crippen LogP contribution >= 0.6 is 0 Å². The van der Waals surface area contributed by atoms with Gasteiger partial charge in [-0.2, -0.15) is 5.26 Å². The molecule has 3 rings (SSSR count). The molecule has 170 valence electrons. The van der Waals surface area contributed by atoms with Gasteiger partial charge in [0, 0.05) is 20.2 Å². The Hall–Kier alpha value is -4.32. The number of hydrogen-bond acceptors (Lipinski definition) is 8. The molecule has 0 fully saturated rings. The zero-order valence-electron chi connectivity index (χ0n) is 18.6. The number of benzene rings is 2. The Morgan fingerprint density at radius 1 is 1.09 bits per heavy atom. The van der Waals surface area contributed by atoms with Crippen molar-refractivity contribution in [3.05, 3.63) is 82.6 Å². The van der Waals surface area contributed by atoms with Crippen molar-refractivity contribution in [3.63, 3.8) is 0 Å². The van der Waals surface area contributed by atoms with E-state index in [1.54, 1.807) is 49.3 Å². The summed E-state index contributed by atoms with van der Waals surface area (Å²) in [5.41, 5.74) is 6.98. The molecule has 0 amide bonds.